The van der Waals surface area contributed by atoms with Gasteiger partial charge in [0.1, 0.15) is 5.69 Å². The van der Waals surface area contributed by atoms with Crippen LogP contribution in [0.3, 0.4) is 0 Å². The lowest BCUT2D eigenvalue weighted by atomic mass is 10.1. The van der Waals surface area contributed by atoms with Gasteiger partial charge >= 0.3 is 0 Å². The molecule has 0 bridgehead atoms. The Hall–Kier alpha value is -2.88. The van der Waals surface area contributed by atoms with Crippen LogP contribution in [0.15, 0.2) is 54.6 Å². The second kappa shape index (κ2) is 5.64. The number of aromatic nitrogens is 2. The molecule has 1 aliphatic heterocycles. The molecule has 4 rings (SSSR count). The Bertz CT molecular complexity index is 895. The maximum Gasteiger partial charge on any atom is 0.276 e. The zero-order chi connectivity index (χ0) is 16.7. The van der Waals surface area contributed by atoms with Crippen molar-refractivity contribution in [3.8, 4) is 11.3 Å². The molecule has 1 atom stereocenters. The Kier molecular flexibility index (Phi) is 3.45. The van der Waals surface area contributed by atoms with Crippen molar-refractivity contribution in [3.05, 3.63) is 71.4 Å². The number of fused-ring (bicyclic) bond motifs is 1. The van der Waals surface area contributed by atoms with E-state index in [0.29, 0.717) is 5.69 Å². The summed E-state index contributed by atoms with van der Waals surface area (Å²) in [6.45, 7) is 4.13. The van der Waals surface area contributed by atoms with Crippen LogP contribution >= 0.6 is 0 Å². The molecule has 120 valence electrons. The Morgan fingerprint density at radius 3 is 2.71 bits per heavy atom. The Morgan fingerprint density at radius 1 is 1.17 bits per heavy atom. The summed E-state index contributed by atoms with van der Waals surface area (Å²) in [7, 11) is 0. The van der Waals surface area contributed by atoms with Crippen molar-refractivity contribution in [3.63, 3.8) is 0 Å². The number of rotatable bonds is 2. The van der Waals surface area contributed by atoms with E-state index in [1.807, 2.05) is 53.4 Å². The Morgan fingerprint density at radius 2 is 1.92 bits per heavy atom. The summed E-state index contributed by atoms with van der Waals surface area (Å²) in [6.07, 6.45) is 0.890. The van der Waals surface area contributed by atoms with Crippen LogP contribution in [0.4, 0.5) is 5.69 Å². The molecule has 0 radical (unpaired) electrons. The maximum atomic E-state index is 13.0. The quantitative estimate of drug-likeness (QED) is 0.777. The van der Waals surface area contributed by atoms with Crippen LogP contribution < -0.4 is 4.90 Å². The molecule has 3 aromatic rings. The summed E-state index contributed by atoms with van der Waals surface area (Å²) < 4.78 is 0. The standard InChI is InChI=1S/C20H19N3O/c1-13-7-9-15(10-8-13)17-12-18(22-21-17)20(24)23-14(2)11-16-5-3-4-6-19(16)23/h3-10,12,14H,11H2,1-2H3,(H,21,22). The van der Waals surface area contributed by atoms with Crippen molar-refractivity contribution >= 4 is 11.6 Å². The van der Waals surface area contributed by atoms with Crippen LogP contribution in [0, 0.1) is 6.92 Å². The number of nitrogens with zero attached hydrogens (tertiary/aromatic N) is 2. The molecule has 0 saturated carbocycles. The zero-order valence-electron chi connectivity index (χ0n) is 13.8. The third kappa shape index (κ3) is 2.40. The van der Waals surface area contributed by atoms with Gasteiger partial charge in [-0.15, -0.1) is 0 Å². The van der Waals surface area contributed by atoms with Gasteiger partial charge in [0.25, 0.3) is 5.91 Å². The van der Waals surface area contributed by atoms with Crippen molar-refractivity contribution in [2.45, 2.75) is 26.3 Å². The van der Waals surface area contributed by atoms with Crippen LogP contribution in [-0.4, -0.2) is 22.1 Å². The highest BCUT2D eigenvalue weighted by Crippen LogP contribution is 2.33. The minimum atomic E-state index is -0.0293. The number of para-hydroxylation sites is 1. The molecule has 2 heterocycles. The van der Waals surface area contributed by atoms with E-state index in [2.05, 4.69) is 30.1 Å². The number of benzene rings is 2. The smallest absolute Gasteiger partial charge is 0.276 e. The SMILES string of the molecule is Cc1ccc(-c2cc(C(=O)N3c4ccccc4CC3C)[nH]n2)cc1. The summed E-state index contributed by atoms with van der Waals surface area (Å²) >= 11 is 0. The van der Waals surface area contributed by atoms with Gasteiger partial charge in [-0.25, -0.2) is 0 Å². The third-order valence-corrected chi connectivity index (χ3v) is 4.58. The van der Waals surface area contributed by atoms with Crippen LogP contribution in [0.5, 0.6) is 0 Å². The number of carbonyl (C=O) groups excluding carboxylic acids is 1. The fourth-order valence-electron chi connectivity index (χ4n) is 3.31. The van der Waals surface area contributed by atoms with E-state index in [1.165, 1.54) is 11.1 Å². The number of nitrogens with one attached hydrogen (secondary N) is 1. The number of aromatic amines is 1. The average Bonchev–Trinajstić information content (AvgIpc) is 3.19. The first-order valence-corrected chi connectivity index (χ1v) is 8.17. The molecule has 0 spiro atoms. The Labute approximate surface area is 141 Å². The highest BCUT2D eigenvalue weighted by Gasteiger charge is 2.32. The van der Waals surface area contributed by atoms with Crippen molar-refractivity contribution in [2.75, 3.05) is 4.90 Å². The van der Waals surface area contributed by atoms with E-state index in [9.17, 15) is 4.79 Å². The van der Waals surface area contributed by atoms with Crippen LogP contribution in [-0.2, 0) is 6.42 Å². The number of hydrogen-bond acceptors (Lipinski definition) is 2. The van der Waals surface area contributed by atoms with E-state index >= 15 is 0 Å². The number of hydrogen-bond donors (Lipinski definition) is 1. The lowest BCUT2D eigenvalue weighted by Crippen LogP contribution is -2.35. The van der Waals surface area contributed by atoms with Gasteiger partial charge in [0, 0.05) is 17.3 Å². The summed E-state index contributed by atoms with van der Waals surface area (Å²) in [6, 6.07) is 18.2. The summed E-state index contributed by atoms with van der Waals surface area (Å²) in [5, 5.41) is 7.22. The van der Waals surface area contributed by atoms with Crippen LogP contribution in [0.1, 0.15) is 28.5 Å². The predicted octanol–water partition coefficient (Wildman–Crippen LogP) is 3.98. The molecular formula is C20H19N3O. The third-order valence-electron chi connectivity index (χ3n) is 4.58. The van der Waals surface area contributed by atoms with Crippen molar-refractivity contribution in [1.29, 1.82) is 0 Å². The van der Waals surface area contributed by atoms with Crippen LogP contribution in [0.25, 0.3) is 11.3 Å². The Balaban J connectivity index is 1.65. The summed E-state index contributed by atoms with van der Waals surface area (Å²) in [5.74, 6) is -0.0293. The van der Waals surface area contributed by atoms with Gasteiger partial charge in [0.05, 0.1) is 5.69 Å². The molecule has 0 fully saturated rings. The zero-order valence-corrected chi connectivity index (χ0v) is 13.8. The largest absolute Gasteiger partial charge is 0.304 e. The van der Waals surface area contributed by atoms with E-state index < -0.39 is 0 Å². The molecule has 0 saturated heterocycles. The summed E-state index contributed by atoms with van der Waals surface area (Å²) in [5.41, 5.74) is 5.74. The normalized spacial score (nSPS) is 16.2. The van der Waals surface area contributed by atoms with Gasteiger partial charge in [-0.3, -0.25) is 9.89 Å². The topological polar surface area (TPSA) is 49.0 Å². The van der Waals surface area contributed by atoms with E-state index in [-0.39, 0.29) is 11.9 Å². The monoisotopic (exact) mass is 317 g/mol. The van der Waals surface area contributed by atoms with Gasteiger partial charge in [-0.2, -0.15) is 5.10 Å². The first kappa shape index (κ1) is 14.7. The number of anilines is 1. The van der Waals surface area contributed by atoms with E-state index in [0.717, 1.165) is 23.4 Å². The molecule has 4 nitrogen and oxygen atoms in total. The molecule has 1 N–H and O–H groups in total. The molecule has 0 aliphatic carbocycles. The van der Waals surface area contributed by atoms with Crippen LogP contribution in [0.2, 0.25) is 0 Å². The fourth-order valence-corrected chi connectivity index (χ4v) is 3.31. The second-order valence-electron chi connectivity index (χ2n) is 6.39. The molecule has 1 unspecified atom stereocenters. The van der Waals surface area contributed by atoms with Crippen molar-refractivity contribution in [2.24, 2.45) is 0 Å². The second-order valence-corrected chi connectivity index (χ2v) is 6.39. The molecule has 2 aromatic carbocycles. The molecule has 1 aliphatic rings. The maximum absolute atomic E-state index is 13.0. The average molecular weight is 317 g/mol. The number of aryl methyl sites for hydroxylation is 1. The molecule has 4 heteroatoms. The van der Waals surface area contributed by atoms with Gasteiger partial charge in [0.15, 0.2) is 0 Å². The fraction of sp³-hybridized carbons (Fsp3) is 0.200. The highest BCUT2D eigenvalue weighted by atomic mass is 16.2. The number of amides is 1. The summed E-state index contributed by atoms with van der Waals surface area (Å²) in [4.78, 5) is 14.8. The molecular weight excluding hydrogens is 298 g/mol. The van der Waals surface area contributed by atoms with E-state index in [1.54, 1.807) is 0 Å². The molecule has 1 aromatic heterocycles. The van der Waals surface area contributed by atoms with Gasteiger partial charge < -0.3 is 4.90 Å². The van der Waals surface area contributed by atoms with E-state index in [4.69, 9.17) is 0 Å². The first-order valence-electron chi connectivity index (χ1n) is 8.17. The molecule has 24 heavy (non-hydrogen) atoms. The molecule has 1 amide bonds. The lowest BCUT2D eigenvalue weighted by Gasteiger charge is -2.21. The minimum Gasteiger partial charge on any atom is -0.304 e. The highest BCUT2D eigenvalue weighted by molar-refractivity contribution is 6.07. The first-order chi connectivity index (χ1) is 11.6. The lowest BCUT2D eigenvalue weighted by molar-refractivity contribution is 0.0976. The predicted molar refractivity (Wildman–Crippen MR) is 95.2 cm³/mol. The minimum absolute atomic E-state index is 0.0293. The van der Waals surface area contributed by atoms with Crippen molar-refractivity contribution < 1.29 is 4.79 Å². The van der Waals surface area contributed by atoms with Gasteiger partial charge in [-0.1, -0.05) is 48.0 Å². The van der Waals surface area contributed by atoms with Gasteiger partial charge in [-0.05, 0) is 38.0 Å². The number of carbonyl (C=O) groups is 1. The number of H-pyrrole nitrogens is 1. The van der Waals surface area contributed by atoms with Crippen molar-refractivity contribution in [1.82, 2.24) is 10.2 Å². The van der Waals surface area contributed by atoms with Gasteiger partial charge in [0.2, 0.25) is 0 Å².